The van der Waals surface area contributed by atoms with E-state index in [0.29, 0.717) is 36.6 Å². The molecule has 174 valence electrons. The zero-order valence-electron chi connectivity index (χ0n) is 19.5. The summed E-state index contributed by atoms with van der Waals surface area (Å²) in [6, 6.07) is 7.42. The van der Waals surface area contributed by atoms with Crippen molar-refractivity contribution in [3.63, 3.8) is 0 Å². The number of hydrogen-bond acceptors (Lipinski definition) is 6. The molecule has 1 saturated heterocycles. The second kappa shape index (κ2) is 9.14. The highest BCUT2D eigenvalue weighted by atomic mass is 16.6. The molecule has 2 aromatic heterocycles. The predicted molar refractivity (Wildman–Crippen MR) is 123 cm³/mol. The minimum atomic E-state index is -0.395. The van der Waals surface area contributed by atoms with Crippen molar-refractivity contribution in [2.75, 3.05) is 26.2 Å². The van der Waals surface area contributed by atoms with Crippen LogP contribution in [0.15, 0.2) is 30.5 Å². The first-order valence-electron chi connectivity index (χ1n) is 11.0. The maximum atomic E-state index is 13.0. The van der Waals surface area contributed by atoms with E-state index >= 15 is 0 Å². The van der Waals surface area contributed by atoms with Crippen LogP contribution < -0.4 is 0 Å². The minimum absolute atomic E-state index is 0.0283. The number of rotatable bonds is 6. The van der Waals surface area contributed by atoms with Crippen LogP contribution in [0.5, 0.6) is 0 Å². The van der Waals surface area contributed by atoms with Crippen molar-refractivity contribution >= 4 is 11.6 Å². The van der Waals surface area contributed by atoms with Crippen LogP contribution in [0.25, 0.3) is 0 Å². The third-order valence-electron chi connectivity index (χ3n) is 6.23. The molecular weight excluding hydrogens is 422 g/mol. The van der Waals surface area contributed by atoms with Crippen molar-refractivity contribution in [2.45, 2.75) is 33.9 Å². The van der Waals surface area contributed by atoms with Gasteiger partial charge in [-0.1, -0.05) is 12.1 Å². The highest BCUT2D eigenvalue weighted by molar-refractivity contribution is 5.94. The van der Waals surface area contributed by atoms with E-state index in [-0.39, 0.29) is 11.6 Å². The largest absolute Gasteiger partial charge is 0.336 e. The van der Waals surface area contributed by atoms with Crippen LogP contribution in [0.4, 0.5) is 5.69 Å². The number of nitrogens with zero attached hydrogens (tertiary/aromatic N) is 7. The summed E-state index contributed by atoms with van der Waals surface area (Å²) in [4.78, 5) is 28.0. The second-order valence-electron chi connectivity index (χ2n) is 8.61. The van der Waals surface area contributed by atoms with Crippen LogP contribution >= 0.6 is 0 Å². The summed E-state index contributed by atoms with van der Waals surface area (Å²) in [5, 5.41) is 19.9. The molecule has 0 spiro atoms. The van der Waals surface area contributed by atoms with Gasteiger partial charge >= 0.3 is 5.69 Å². The van der Waals surface area contributed by atoms with Crippen LogP contribution in [0.1, 0.15) is 38.6 Å². The molecule has 4 rings (SSSR count). The molecule has 10 heteroatoms. The summed E-state index contributed by atoms with van der Waals surface area (Å²) in [5.74, 6) is 0.0283. The number of benzene rings is 1. The lowest BCUT2D eigenvalue weighted by atomic mass is 10.1. The van der Waals surface area contributed by atoms with Gasteiger partial charge in [-0.15, -0.1) is 0 Å². The summed E-state index contributed by atoms with van der Waals surface area (Å²) in [7, 11) is 1.93. The van der Waals surface area contributed by atoms with Gasteiger partial charge < -0.3 is 4.90 Å². The number of hydrogen-bond donors (Lipinski definition) is 0. The molecule has 1 fully saturated rings. The van der Waals surface area contributed by atoms with Crippen LogP contribution in [-0.2, 0) is 20.1 Å². The molecule has 0 aliphatic carbocycles. The molecule has 0 unspecified atom stereocenters. The monoisotopic (exact) mass is 451 g/mol. The average Bonchev–Trinajstić information content (AvgIpc) is 3.24. The summed E-state index contributed by atoms with van der Waals surface area (Å²) in [5.41, 5.74) is 4.84. The Hall–Kier alpha value is -3.53. The lowest BCUT2D eigenvalue weighted by Gasteiger charge is -2.34. The van der Waals surface area contributed by atoms with E-state index in [0.717, 1.165) is 30.9 Å². The number of amides is 1. The molecule has 0 atom stereocenters. The van der Waals surface area contributed by atoms with Gasteiger partial charge in [-0.3, -0.25) is 29.2 Å². The van der Waals surface area contributed by atoms with Crippen molar-refractivity contribution in [3.05, 3.63) is 74.3 Å². The zero-order chi connectivity index (χ0) is 23.7. The van der Waals surface area contributed by atoms with E-state index in [2.05, 4.69) is 21.3 Å². The molecule has 0 saturated carbocycles. The standard InChI is InChI=1S/C23H29N7O3/c1-16-21(14-26(4)24-16)15-27-9-11-28(12-10-27)23(31)20-7-5-19(6-8-20)13-29-18(3)22(30(32)33)17(2)25-29/h5-8,14H,9-13,15H2,1-4H3. The third kappa shape index (κ3) is 4.80. The van der Waals surface area contributed by atoms with Crippen molar-refractivity contribution in [1.82, 2.24) is 29.4 Å². The Morgan fingerprint density at radius 3 is 2.21 bits per heavy atom. The van der Waals surface area contributed by atoms with Gasteiger partial charge in [-0.25, -0.2) is 0 Å². The summed E-state index contributed by atoms with van der Waals surface area (Å²) < 4.78 is 3.47. The van der Waals surface area contributed by atoms with Crippen molar-refractivity contribution in [3.8, 4) is 0 Å². The quantitative estimate of drug-likeness (QED) is 0.421. The first-order valence-corrected chi connectivity index (χ1v) is 11.0. The summed E-state index contributed by atoms with van der Waals surface area (Å²) >= 11 is 0. The Kier molecular flexibility index (Phi) is 6.28. The van der Waals surface area contributed by atoms with E-state index in [9.17, 15) is 14.9 Å². The number of carbonyl (C=O) groups is 1. The van der Waals surface area contributed by atoms with Crippen molar-refractivity contribution in [2.24, 2.45) is 7.05 Å². The van der Waals surface area contributed by atoms with E-state index in [1.807, 2.05) is 47.8 Å². The van der Waals surface area contributed by atoms with Gasteiger partial charge in [0.15, 0.2) is 0 Å². The Labute approximate surface area is 192 Å². The Morgan fingerprint density at radius 1 is 1.00 bits per heavy atom. The molecule has 0 N–H and O–H groups in total. The van der Waals surface area contributed by atoms with Gasteiger partial charge in [-0.2, -0.15) is 10.2 Å². The predicted octanol–water partition coefficient (Wildman–Crippen LogP) is 2.46. The lowest BCUT2D eigenvalue weighted by molar-refractivity contribution is -0.386. The van der Waals surface area contributed by atoms with Gasteiger partial charge in [0.05, 0.1) is 17.2 Å². The molecule has 1 aliphatic rings. The third-order valence-corrected chi connectivity index (χ3v) is 6.23. The molecule has 0 radical (unpaired) electrons. The Balaban J connectivity index is 1.35. The molecule has 1 aliphatic heterocycles. The molecule has 1 aromatic carbocycles. The lowest BCUT2D eigenvalue weighted by Crippen LogP contribution is -2.48. The number of aryl methyl sites for hydroxylation is 3. The second-order valence-corrected chi connectivity index (χ2v) is 8.61. The van der Waals surface area contributed by atoms with E-state index in [1.54, 1.807) is 18.5 Å². The molecular formula is C23H29N7O3. The van der Waals surface area contributed by atoms with Gasteiger partial charge in [0, 0.05) is 57.1 Å². The Morgan fingerprint density at radius 2 is 1.67 bits per heavy atom. The SMILES string of the molecule is Cc1nn(C)cc1CN1CCN(C(=O)c2ccc(Cn3nc(C)c([N+](=O)[O-])c3C)cc2)CC1. The fraction of sp³-hybridized carbons (Fsp3) is 0.435. The smallest absolute Gasteiger partial charge is 0.312 e. The van der Waals surface area contributed by atoms with Gasteiger partial charge in [0.1, 0.15) is 11.4 Å². The molecule has 33 heavy (non-hydrogen) atoms. The average molecular weight is 452 g/mol. The Bertz CT molecular complexity index is 1170. The normalized spacial score (nSPS) is 14.6. The zero-order valence-corrected chi connectivity index (χ0v) is 19.5. The van der Waals surface area contributed by atoms with Gasteiger partial charge in [-0.05, 0) is 38.5 Å². The first-order chi connectivity index (χ1) is 15.7. The van der Waals surface area contributed by atoms with Crippen LogP contribution in [-0.4, -0.2) is 66.4 Å². The number of aromatic nitrogens is 4. The van der Waals surface area contributed by atoms with Crippen molar-refractivity contribution in [1.29, 1.82) is 0 Å². The number of carbonyl (C=O) groups excluding carboxylic acids is 1. The molecule has 1 amide bonds. The maximum absolute atomic E-state index is 13.0. The number of nitro groups is 1. The van der Waals surface area contributed by atoms with Crippen LogP contribution in [0.3, 0.4) is 0 Å². The molecule has 10 nitrogen and oxygen atoms in total. The highest BCUT2D eigenvalue weighted by Gasteiger charge is 2.24. The highest BCUT2D eigenvalue weighted by Crippen LogP contribution is 2.23. The maximum Gasteiger partial charge on any atom is 0.312 e. The van der Waals surface area contributed by atoms with E-state index < -0.39 is 4.92 Å². The van der Waals surface area contributed by atoms with E-state index in [1.165, 1.54) is 5.56 Å². The summed E-state index contributed by atoms with van der Waals surface area (Å²) in [6.07, 6.45) is 2.05. The summed E-state index contributed by atoms with van der Waals surface area (Å²) in [6.45, 7) is 9.66. The first kappa shape index (κ1) is 22.7. The van der Waals surface area contributed by atoms with Crippen molar-refractivity contribution < 1.29 is 9.72 Å². The molecule has 3 heterocycles. The van der Waals surface area contributed by atoms with Gasteiger partial charge in [0.25, 0.3) is 5.91 Å². The fourth-order valence-electron chi connectivity index (χ4n) is 4.37. The topological polar surface area (TPSA) is 102 Å². The minimum Gasteiger partial charge on any atom is -0.336 e. The fourth-order valence-corrected chi connectivity index (χ4v) is 4.37. The number of piperazine rings is 1. The van der Waals surface area contributed by atoms with Crippen LogP contribution in [0.2, 0.25) is 0 Å². The van der Waals surface area contributed by atoms with Gasteiger partial charge in [0.2, 0.25) is 0 Å². The van der Waals surface area contributed by atoms with Crippen LogP contribution in [0, 0.1) is 30.9 Å². The molecule has 3 aromatic rings. The van der Waals surface area contributed by atoms with E-state index in [4.69, 9.17) is 0 Å². The molecule has 0 bridgehead atoms.